The number of hydrogen-bond donors (Lipinski definition) is 0. The second-order valence-corrected chi connectivity index (χ2v) is 2.41. The van der Waals surface area contributed by atoms with Gasteiger partial charge in [0.05, 0.1) is 13.2 Å². The Hall–Kier alpha value is -1.19. The van der Waals surface area contributed by atoms with E-state index in [0.717, 1.165) is 5.57 Å². The minimum atomic E-state index is -0.407. The predicted molar refractivity (Wildman–Crippen MR) is 39.0 cm³/mol. The quantitative estimate of drug-likeness (QED) is 0.534. The van der Waals surface area contributed by atoms with Crippen molar-refractivity contribution in [1.29, 1.82) is 0 Å². The lowest BCUT2D eigenvalue weighted by atomic mass is 10.1. The zero-order valence-corrected chi connectivity index (χ0v) is 6.79. The molecule has 0 bridgehead atoms. The van der Waals surface area contributed by atoms with Gasteiger partial charge in [0.15, 0.2) is 5.70 Å². The maximum absolute atomic E-state index is 10.9. The summed E-state index contributed by atoms with van der Waals surface area (Å²) < 4.78 is 4.50. The Kier molecular flexibility index (Phi) is 2.03. The van der Waals surface area contributed by atoms with E-state index in [0.29, 0.717) is 5.70 Å². The van der Waals surface area contributed by atoms with Crippen molar-refractivity contribution in [3.63, 3.8) is 0 Å². The summed E-state index contributed by atoms with van der Waals surface area (Å²) in [6, 6.07) is 0.0177. The van der Waals surface area contributed by atoms with Crippen molar-refractivity contribution in [2.24, 2.45) is 10.2 Å². The highest BCUT2D eigenvalue weighted by Crippen LogP contribution is 2.21. The highest BCUT2D eigenvalue weighted by molar-refractivity contribution is 5.89. The Labute approximate surface area is 65.0 Å². The third kappa shape index (κ3) is 1.29. The van der Waals surface area contributed by atoms with Gasteiger partial charge in [0.1, 0.15) is 0 Å². The molecule has 0 aromatic carbocycles. The van der Waals surface area contributed by atoms with Crippen LogP contribution in [0.2, 0.25) is 0 Å². The van der Waals surface area contributed by atoms with Gasteiger partial charge in [-0.15, -0.1) is 5.11 Å². The van der Waals surface area contributed by atoms with E-state index in [4.69, 9.17) is 0 Å². The van der Waals surface area contributed by atoms with Gasteiger partial charge in [0.25, 0.3) is 0 Å². The number of azo groups is 1. The lowest BCUT2D eigenvalue weighted by Crippen LogP contribution is -2.05. The summed E-state index contributed by atoms with van der Waals surface area (Å²) in [4.78, 5) is 10.9. The van der Waals surface area contributed by atoms with Gasteiger partial charge >= 0.3 is 5.97 Å². The summed E-state index contributed by atoms with van der Waals surface area (Å²) in [5.41, 5.74) is 1.22. The second kappa shape index (κ2) is 2.82. The molecule has 4 nitrogen and oxygen atoms in total. The molecule has 0 amide bonds. The summed E-state index contributed by atoms with van der Waals surface area (Å²) in [5, 5.41) is 7.52. The largest absolute Gasteiger partial charge is 0.464 e. The Morgan fingerprint density at radius 3 is 2.64 bits per heavy atom. The van der Waals surface area contributed by atoms with Crippen LogP contribution in [0.3, 0.4) is 0 Å². The van der Waals surface area contributed by atoms with Crippen LogP contribution in [0.5, 0.6) is 0 Å². The van der Waals surface area contributed by atoms with Crippen molar-refractivity contribution in [3.05, 3.63) is 11.3 Å². The maximum Gasteiger partial charge on any atom is 0.358 e. The number of hydrogen-bond acceptors (Lipinski definition) is 4. The number of rotatable bonds is 1. The van der Waals surface area contributed by atoms with Crippen LogP contribution in [0.25, 0.3) is 0 Å². The number of esters is 1. The van der Waals surface area contributed by atoms with Gasteiger partial charge in [0, 0.05) is 0 Å². The number of nitrogens with zero attached hydrogens (tertiary/aromatic N) is 2. The van der Waals surface area contributed by atoms with Gasteiger partial charge in [-0.25, -0.2) is 4.79 Å². The summed E-state index contributed by atoms with van der Waals surface area (Å²) in [6.45, 7) is 3.71. The van der Waals surface area contributed by atoms with Crippen molar-refractivity contribution in [2.45, 2.75) is 19.9 Å². The Bertz CT molecular complexity index is 243. The highest BCUT2D eigenvalue weighted by atomic mass is 16.5. The summed E-state index contributed by atoms with van der Waals surface area (Å²) in [5.74, 6) is -0.407. The molecule has 1 heterocycles. The molecule has 0 saturated carbocycles. The first-order chi connectivity index (χ1) is 5.16. The van der Waals surface area contributed by atoms with Crippen LogP contribution >= 0.6 is 0 Å². The Balaban J connectivity index is 2.88. The van der Waals surface area contributed by atoms with Crippen LogP contribution in [0.4, 0.5) is 0 Å². The third-order valence-corrected chi connectivity index (χ3v) is 1.71. The molecule has 1 rings (SSSR count). The fraction of sp³-hybridized carbons (Fsp3) is 0.571. The smallest absolute Gasteiger partial charge is 0.358 e. The van der Waals surface area contributed by atoms with Crippen molar-refractivity contribution in [1.82, 2.24) is 0 Å². The normalized spacial score (nSPS) is 22.6. The van der Waals surface area contributed by atoms with E-state index in [2.05, 4.69) is 15.0 Å². The van der Waals surface area contributed by atoms with Crippen LogP contribution in [0.15, 0.2) is 21.5 Å². The second-order valence-electron chi connectivity index (χ2n) is 2.41. The molecular weight excluding hydrogens is 144 g/mol. The number of carbonyl (C=O) groups is 1. The molecule has 0 spiro atoms. The highest BCUT2D eigenvalue weighted by Gasteiger charge is 2.21. The number of ether oxygens (including phenoxy) is 1. The zero-order valence-electron chi connectivity index (χ0n) is 6.79. The van der Waals surface area contributed by atoms with E-state index < -0.39 is 5.97 Å². The molecule has 0 saturated heterocycles. The van der Waals surface area contributed by atoms with Crippen LogP contribution in [-0.2, 0) is 9.53 Å². The van der Waals surface area contributed by atoms with Crippen LogP contribution in [-0.4, -0.2) is 19.1 Å². The Morgan fingerprint density at radius 1 is 1.64 bits per heavy atom. The zero-order chi connectivity index (χ0) is 8.43. The van der Waals surface area contributed by atoms with Gasteiger partial charge in [-0.1, -0.05) is 0 Å². The first kappa shape index (κ1) is 7.91. The van der Waals surface area contributed by atoms with Gasteiger partial charge in [-0.2, -0.15) is 5.11 Å². The van der Waals surface area contributed by atoms with E-state index in [-0.39, 0.29) is 6.04 Å². The van der Waals surface area contributed by atoms with Gasteiger partial charge in [0.2, 0.25) is 0 Å². The minimum Gasteiger partial charge on any atom is -0.464 e. The Morgan fingerprint density at radius 2 is 2.27 bits per heavy atom. The van der Waals surface area contributed by atoms with Crippen molar-refractivity contribution in [2.75, 3.05) is 7.11 Å². The fourth-order valence-electron chi connectivity index (χ4n) is 0.806. The third-order valence-electron chi connectivity index (χ3n) is 1.71. The monoisotopic (exact) mass is 154 g/mol. The molecule has 0 aromatic heterocycles. The lowest BCUT2D eigenvalue weighted by Gasteiger charge is -1.98. The fourth-order valence-corrected chi connectivity index (χ4v) is 0.806. The number of carbonyl (C=O) groups excluding carboxylic acids is 1. The average molecular weight is 154 g/mol. The predicted octanol–water partition coefficient (Wildman–Crippen LogP) is 1.29. The van der Waals surface area contributed by atoms with E-state index in [1.807, 2.05) is 13.8 Å². The lowest BCUT2D eigenvalue weighted by molar-refractivity contribution is -0.136. The van der Waals surface area contributed by atoms with E-state index in [1.165, 1.54) is 7.11 Å². The molecule has 11 heavy (non-hydrogen) atoms. The summed E-state index contributed by atoms with van der Waals surface area (Å²) >= 11 is 0. The van der Waals surface area contributed by atoms with Gasteiger partial charge in [-0.05, 0) is 19.4 Å². The van der Waals surface area contributed by atoms with Crippen LogP contribution < -0.4 is 0 Å². The molecule has 0 unspecified atom stereocenters. The molecule has 1 atom stereocenters. The van der Waals surface area contributed by atoms with Crippen LogP contribution in [0, 0.1) is 0 Å². The first-order valence-electron chi connectivity index (χ1n) is 3.36. The summed E-state index contributed by atoms with van der Waals surface area (Å²) in [6.07, 6.45) is 0. The molecular formula is C7H10N2O2. The van der Waals surface area contributed by atoms with Crippen molar-refractivity contribution >= 4 is 5.97 Å². The molecule has 1 aliphatic heterocycles. The average Bonchev–Trinajstić information content (AvgIpc) is 2.32. The number of methoxy groups -OCH3 is 1. The molecule has 1 aliphatic rings. The molecule has 0 aromatic rings. The molecule has 0 radical (unpaired) electrons. The van der Waals surface area contributed by atoms with E-state index in [1.54, 1.807) is 0 Å². The molecule has 4 heteroatoms. The van der Waals surface area contributed by atoms with Gasteiger partial charge in [-0.3, -0.25) is 0 Å². The van der Waals surface area contributed by atoms with Crippen molar-refractivity contribution < 1.29 is 9.53 Å². The molecule has 0 aliphatic carbocycles. The SMILES string of the molecule is COC(=O)C1=C(C)[C@H](C)N=N1. The van der Waals surface area contributed by atoms with E-state index >= 15 is 0 Å². The summed E-state index contributed by atoms with van der Waals surface area (Å²) in [7, 11) is 1.33. The van der Waals surface area contributed by atoms with E-state index in [9.17, 15) is 4.79 Å². The molecule has 0 fully saturated rings. The standard InChI is InChI=1S/C7H10N2O2/c1-4-5(2)8-9-6(4)7(10)11-3/h5H,1-3H3/t5-/m0/s1. The minimum absolute atomic E-state index is 0.0177. The van der Waals surface area contributed by atoms with Gasteiger partial charge < -0.3 is 4.74 Å². The molecule has 0 N–H and O–H groups in total. The van der Waals surface area contributed by atoms with Crippen LogP contribution in [0.1, 0.15) is 13.8 Å². The first-order valence-corrected chi connectivity index (χ1v) is 3.36. The topological polar surface area (TPSA) is 51.0 Å². The molecule has 60 valence electrons. The maximum atomic E-state index is 10.9. The van der Waals surface area contributed by atoms with Crippen molar-refractivity contribution in [3.8, 4) is 0 Å².